The van der Waals surface area contributed by atoms with Gasteiger partial charge in [0, 0.05) is 18.0 Å². The number of urea groups is 1. The molecule has 0 bridgehead atoms. The second kappa shape index (κ2) is 6.24. The first-order chi connectivity index (χ1) is 8.00. The summed E-state index contributed by atoms with van der Waals surface area (Å²) in [6, 6.07) is 1.51. The molecule has 0 aliphatic heterocycles. The van der Waals surface area contributed by atoms with E-state index in [9.17, 15) is 9.59 Å². The third-order valence-corrected chi connectivity index (χ3v) is 2.91. The summed E-state index contributed by atoms with van der Waals surface area (Å²) in [5.74, 6) is -0.904. The molecule has 1 heterocycles. The van der Waals surface area contributed by atoms with Crippen molar-refractivity contribution in [1.82, 2.24) is 4.90 Å². The van der Waals surface area contributed by atoms with E-state index < -0.39 is 5.97 Å². The minimum Gasteiger partial charge on any atom is -0.481 e. The number of carbonyl (C=O) groups is 2. The number of carbonyl (C=O) groups excluding carboxylic acids is 1. The molecule has 0 aliphatic carbocycles. The molecule has 1 aromatic heterocycles. The Morgan fingerprint density at radius 3 is 2.71 bits per heavy atom. The molecular formula is C11H16N2O3S. The van der Waals surface area contributed by atoms with E-state index in [1.165, 1.54) is 16.2 Å². The highest BCUT2D eigenvalue weighted by molar-refractivity contribution is 7.08. The smallest absolute Gasteiger partial charge is 0.322 e. The summed E-state index contributed by atoms with van der Waals surface area (Å²) in [6.45, 7) is 3.92. The molecule has 0 aliphatic rings. The van der Waals surface area contributed by atoms with Gasteiger partial charge in [-0.2, -0.15) is 11.3 Å². The molecule has 94 valence electrons. The fraction of sp³-hybridized carbons (Fsp3) is 0.455. The van der Waals surface area contributed by atoms with Gasteiger partial charge in [0.05, 0.1) is 12.1 Å². The normalized spacial score (nSPS) is 10.3. The topological polar surface area (TPSA) is 69.6 Å². The average molecular weight is 256 g/mol. The van der Waals surface area contributed by atoms with Crippen molar-refractivity contribution in [3.63, 3.8) is 0 Å². The number of anilines is 1. The molecule has 0 fully saturated rings. The van der Waals surface area contributed by atoms with Gasteiger partial charge < -0.3 is 15.3 Å². The summed E-state index contributed by atoms with van der Waals surface area (Å²) < 4.78 is 0. The van der Waals surface area contributed by atoms with Crippen LogP contribution in [0, 0.1) is 0 Å². The maximum Gasteiger partial charge on any atom is 0.322 e. The number of hydrogen-bond donors (Lipinski definition) is 2. The standard InChI is InChI=1S/C11H16N2O3S/c1-8(2)13(5-3-10(14)15)11(16)12-9-4-6-17-7-9/h4,6-8H,3,5H2,1-2H3,(H,12,16)(H,14,15). The van der Waals surface area contributed by atoms with E-state index in [1.807, 2.05) is 24.6 Å². The van der Waals surface area contributed by atoms with Gasteiger partial charge in [0.25, 0.3) is 0 Å². The molecule has 0 radical (unpaired) electrons. The number of carboxylic acid groups (broad SMARTS) is 1. The number of hydrogen-bond acceptors (Lipinski definition) is 3. The van der Waals surface area contributed by atoms with Crippen LogP contribution < -0.4 is 5.32 Å². The molecule has 1 rings (SSSR count). The lowest BCUT2D eigenvalue weighted by atomic mass is 10.3. The van der Waals surface area contributed by atoms with Gasteiger partial charge >= 0.3 is 12.0 Å². The van der Waals surface area contributed by atoms with Gasteiger partial charge in [-0.05, 0) is 25.3 Å². The highest BCUT2D eigenvalue weighted by Crippen LogP contribution is 2.13. The maximum atomic E-state index is 11.9. The van der Waals surface area contributed by atoms with E-state index in [0.717, 1.165) is 5.69 Å². The van der Waals surface area contributed by atoms with E-state index in [-0.39, 0.29) is 25.0 Å². The maximum absolute atomic E-state index is 11.9. The van der Waals surface area contributed by atoms with Crippen molar-refractivity contribution in [1.29, 1.82) is 0 Å². The SMILES string of the molecule is CC(C)N(CCC(=O)O)C(=O)Nc1ccsc1. The lowest BCUT2D eigenvalue weighted by Crippen LogP contribution is -2.41. The Balaban J connectivity index is 2.57. The van der Waals surface area contributed by atoms with Gasteiger partial charge in [0.2, 0.25) is 0 Å². The number of amides is 2. The minimum absolute atomic E-state index is 0.0343. The molecular weight excluding hydrogens is 240 g/mol. The molecule has 0 aromatic carbocycles. The number of rotatable bonds is 5. The average Bonchev–Trinajstić information content (AvgIpc) is 2.69. The lowest BCUT2D eigenvalue weighted by molar-refractivity contribution is -0.137. The summed E-state index contributed by atoms with van der Waals surface area (Å²) in [7, 11) is 0. The van der Waals surface area contributed by atoms with Crippen LogP contribution >= 0.6 is 11.3 Å². The van der Waals surface area contributed by atoms with E-state index >= 15 is 0 Å². The van der Waals surface area contributed by atoms with Crippen molar-refractivity contribution in [2.75, 3.05) is 11.9 Å². The van der Waals surface area contributed by atoms with Crippen molar-refractivity contribution < 1.29 is 14.7 Å². The zero-order valence-electron chi connectivity index (χ0n) is 9.84. The molecule has 0 saturated heterocycles. The van der Waals surface area contributed by atoms with Crippen LogP contribution in [0.3, 0.4) is 0 Å². The fourth-order valence-electron chi connectivity index (χ4n) is 1.34. The first-order valence-electron chi connectivity index (χ1n) is 5.32. The Kier molecular flexibility index (Phi) is 4.96. The van der Waals surface area contributed by atoms with Gasteiger partial charge in [-0.1, -0.05) is 0 Å². The van der Waals surface area contributed by atoms with Crippen LogP contribution in [0.2, 0.25) is 0 Å². The zero-order chi connectivity index (χ0) is 12.8. The molecule has 2 N–H and O–H groups in total. The number of aliphatic carboxylic acids is 1. The van der Waals surface area contributed by atoms with Crippen LogP contribution in [0.25, 0.3) is 0 Å². The van der Waals surface area contributed by atoms with Crippen molar-refractivity contribution in [3.8, 4) is 0 Å². The zero-order valence-corrected chi connectivity index (χ0v) is 10.7. The van der Waals surface area contributed by atoms with Crippen LogP contribution in [0.1, 0.15) is 20.3 Å². The number of nitrogens with one attached hydrogen (secondary N) is 1. The molecule has 5 nitrogen and oxygen atoms in total. The molecule has 6 heteroatoms. The monoisotopic (exact) mass is 256 g/mol. The second-order valence-electron chi connectivity index (χ2n) is 3.87. The fourth-order valence-corrected chi connectivity index (χ4v) is 1.93. The van der Waals surface area contributed by atoms with Crippen LogP contribution in [-0.4, -0.2) is 34.6 Å². The first-order valence-corrected chi connectivity index (χ1v) is 6.26. The van der Waals surface area contributed by atoms with E-state index in [4.69, 9.17) is 5.11 Å². The third kappa shape index (κ3) is 4.44. The quantitative estimate of drug-likeness (QED) is 0.850. The predicted molar refractivity (Wildman–Crippen MR) is 67.4 cm³/mol. The second-order valence-corrected chi connectivity index (χ2v) is 4.65. The summed E-state index contributed by atoms with van der Waals surface area (Å²) in [5, 5.41) is 15.1. The number of carboxylic acids is 1. The Labute approximate surface area is 104 Å². The van der Waals surface area contributed by atoms with Crippen molar-refractivity contribution >= 4 is 29.0 Å². The lowest BCUT2D eigenvalue weighted by Gasteiger charge is -2.26. The highest BCUT2D eigenvalue weighted by Gasteiger charge is 2.17. The summed E-state index contributed by atoms with van der Waals surface area (Å²) in [4.78, 5) is 23.9. The minimum atomic E-state index is -0.904. The van der Waals surface area contributed by atoms with Gasteiger partial charge in [0.1, 0.15) is 0 Å². The predicted octanol–water partition coefficient (Wildman–Crippen LogP) is 2.47. The third-order valence-electron chi connectivity index (χ3n) is 2.22. The summed E-state index contributed by atoms with van der Waals surface area (Å²) >= 11 is 1.49. The Morgan fingerprint density at radius 2 is 2.24 bits per heavy atom. The molecule has 1 aromatic rings. The molecule has 2 amide bonds. The van der Waals surface area contributed by atoms with Crippen molar-refractivity contribution in [3.05, 3.63) is 16.8 Å². The first kappa shape index (κ1) is 13.5. The molecule has 0 unspecified atom stereocenters. The number of nitrogens with zero attached hydrogens (tertiary/aromatic N) is 1. The number of thiophene rings is 1. The molecule has 0 atom stereocenters. The van der Waals surface area contributed by atoms with Crippen LogP contribution in [0.5, 0.6) is 0 Å². The van der Waals surface area contributed by atoms with E-state index in [2.05, 4.69) is 5.32 Å². The van der Waals surface area contributed by atoms with Crippen molar-refractivity contribution in [2.45, 2.75) is 26.3 Å². The van der Waals surface area contributed by atoms with E-state index in [1.54, 1.807) is 6.07 Å². The van der Waals surface area contributed by atoms with Gasteiger partial charge in [-0.15, -0.1) is 0 Å². The largest absolute Gasteiger partial charge is 0.481 e. The molecule has 17 heavy (non-hydrogen) atoms. The Hall–Kier alpha value is -1.56. The summed E-state index contributed by atoms with van der Waals surface area (Å²) in [6.07, 6.45) is -0.0464. The van der Waals surface area contributed by atoms with Crippen LogP contribution in [0.15, 0.2) is 16.8 Å². The van der Waals surface area contributed by atoms with Crippen LogP contribution in [-0.2, 0) is 4.79 Å². The highest BCUT2D eigenvalue weighted by atomic mass is 32.1. The van der Waals surface area contributed by atoms with Crippen LogP contribution in [0.4, 0.5) is 10.5 Å². The summed E-state index contributed by atoms with van der Waals surface area (Å²) in [5.41, 5.74) is 0.737. The van der Waals surface area contributed by atoms with Gasteiger partial charge in [-0.25, -0.2) is 4.79 Å². The van der Waals surface area contributed by atoms with Crippen molar-refractivity contribution in [2.24, 2.45) is 0 Å². The molecule has 0 saturated carbocycles. The van der Waals surface area contributed by atoms with Gasteiger partial charge in [0.15, 0.2) is 0 Å². The van der Waals surface area contributed by atoms with E-state index in [0.29, 0.717) is 0 Å². The Morgan fingerprint density at radius 1 is 1.53 bits per heavy atom. The van der Waals surface area contributed by atoms with Gasteiger partial charge in [-0.3, -0.25) is 4.79 Å². The Bertz CT molecular complexity index is 376. The molecule has 0 spiro atoms.